The Hall–Kier alpha value is -2.47. The van der Waals surface area contributed by atoms with Crippen LogP contribution in [0.2, 0.25) is 0 Å². The van der Waals surface area contributed by atoms with Crippen LogP contribution in [0.4, 0.5) is 0 Å². The van der Waals surface area contributed by atoms with Crippen molar-refractivity contribution in [1.82, 2.24) is 20.1 Å². The summed E-state index contributed by atoms with van der Waals surface area (Å²) in [5.74, 6) is -0.128. The maximum absolute atomic E-state index is 12.4. The monoisotopic (exact) mass is 312 g/mol. The molecule has 22 heavy (non-hydrogen) atoms. The fourth-order valence-corrected chi connectivity index (χ4v) is 2.94. The van der Waals surface area contributed by atoms with Gasteiger partial charge in [0.15, 0.2) is 0 Å². The first-order valence-corrected chi connectivity index (χ1v) is 7.87. The summed E-state index contributed by atoms with van der Waals surface area (Å²) >= 11 is 1.65. The SMILES string of the molecule is Cn1cc(C(=O)N[C@@H](Cc2ccsc2)c2cccnc2)cn1. The molecule has 112 valence electrons. The summed E-state index contributed by atoms with van der Waals surface area (Å²) in [5.41, 5.74) is 2.75. The van der Waals surface area contributed by atoms with E-state index in [1.807, 2.05) is 17.5 Å². The van der Waals surface area contributed by atoms with Gasteiger partial charge in [0.2, 0.25) is 0 Å². The van der Waals surface area contributed by atoms with E-state index in [1.54, 1.807) is 47.9 Å². The maximum atomic E-state index is 12.4. The molecule has 0 fully saturated rings. The van der Waals surface area contributed by atoms with E-state index in [-0.39, 0.29) is 11.9 Å². The Morgan fingerprint density at radius 2 is 2.32 bits per heavy atom. The first kappa shape index (κ1) is 14.5. The highest BCUT2D eigenvalue weighted by atomic mass is 32.1. The van der Waals surface area contributed by atoms with E-state index in [9.17, 15) is 4.79 Å². The zero-order valence-electron chi connectivity index (χ0n) is 12.1. The van der Waals surface area contributed by atoms with Crippen LogP contribution in [-0.4, -0.2) is 20.7 Å². The third-order valence-electron chi connectivity index (χ3n) is 3.38. The average Bonchev–Trinajstić information content (AvgIpc) is 3.19. The van der Waals surface area contributed by atoms with Crippen LogP contribution in [0, 0.1) is 0 Å². The molecule has 1 atom stereocenters. The predicted octanol–water partition coefficient (Wildman–Crippen LogP) is 2.59. The lowest BCUT2D eigenvalue weighted by molar-refractivity contribution is 0.0936. The number of aryl methyl sites for hydroxylation is 1. The molecule has 0 saturated carbocycles. The molecule has 0 aliphatic rings. The number of nitrogens with one attached hydrogen (secondary N) is 1. The Bertz CT molecular complexity index is 737. The number of carbonyl (C=O) groups excluding carboxylic acids is 1. The van der Waals surface area contributed by atoms with Crippen LogP contribution >= 0.6 is 11.3 Å². The molecule has 0 bridgehead atoms. The minimum absolute atomic E-state index is 0.115. The second-order valence-corrected chi connectivity index (χ2v) is 5.83. The molecular weight excluding hydrogens is 296 g/mol. The Labute approximate surface area is 132 Å². The van der Waals surface area contributed by atoms with E-state index in [2.05, 4.69) is 26.8 Å². The van der Waals surface area contributed by atoms with E-state index in [4.69, 9.17) is 0 Å². The number of hydrogen-bond donors (Lipinski definition) is 1. The van der Waals surface area contributed by atoms with E-state index >= 15 is 0 Å². The van der Waals surface area contributed by atoms with Crippen molar-refractivity contribution in [1.29, 1.82) is 0 Å². The molecule has 3 rings (SSSR count). The van der Waals surface area contributed by atoms with Crippen LogP contribution in [0.5, 0.6) is 0 Å². The number of thiophene rings is 1. The van der Waals surface area contributed by atoms with Gasteiger partial charge in [0.25, 0.3) is 5.91 Å². The molecule has 5 nitrogen and oxygen atoms in total. The minimum Gasteiger partial charge on any atom is -0.345 e. The van der Waals surface area contributed by atoms with Crippen LogP contribution in [-0.2, 0) is 13.5 Å². The second-order valence-electron chi connectivity index (χ2n) is 5.05. The lowest BCUT2D eigenvalue weighted by Crippen LogP contribution is -2.29. The second kappa shape index (κ2) is 6.53. The molecule has 0 saturated heterocycles. The van der Waals surface area contributed by atoms with Gasteiger partial charge < -0.3 is 5.32 Å². The largest absolute Gasteiger partial charge is 0.345 e. The van der Waals surface area contributed by atoms with E-state index in [0.717, 1.165) is 12.0 Å². The Morgan fingerprint density at radius 3 is 2.95 bits per heavy atom. The predicted molar refractivity (Wildman–Crippen MR) is 85.7 cm³/mol. The van der Waals surface area contributed by atoms with Gasteiger partial charge in [-0.05, 0) is 40.4 Å². The zero-order valence-corrected chi connectivity index (χ0v) is 13.0. The van der Waals surface area contributed by atoms with Crippen LogP contribution in [0.25, 0.3) is 0 Å². The van der Waals surface area contributed by atoms with E-state index < -0.39 is 0 Å². The van der Waals surface area contributed by atoms with Gasteiger partial charge in [-0.25, -0.2) is 0 Å². The Kier molecular flexibility index (Phi) is 4.29. The molecule has 0 aromatic carbocycles. The fourth-order valence-electron chi connectivity index (χ4n) is 2.26. The molecule has 3 aromatic rings. The van der Waals surface area contributed by atoms with Crippen LogP contribution < -0.4 is 5.32 Å². The van der Waals surface area contributed by atoms with Gasteiger partial charge in [0.1, 0.15) is 0 Å². The maximum Gasteiger partial charge on any atom is 0.254 e. The van der Waals surface area contributed by atoms with E-state index in [1.165, 1.54) is 5.56 Å². The zero-order chi connectivity index (χ0) is 15.4. The van der Waals surface area contributed by atoms with Gasteiger partial charge in [0, 0.05) is 25.6 Å². The summed E-state index contributed by atoms with van der Waals surface area (Å²) in [6.45, 7) is 0. The van der Waals surface area contributed by atoms with Gasteiger partial charge >= 0.3 is 0 Å². The Morgan fingerprint density at radius 1 is 1.41 bits per heavy atom. The highest BCUT2D eigenvalue weighted by Crippen LogP contribution is 2.20. The molecule has 0 spiro atoms. The van der Waals surface area contributed by atoms with Gasteiger partial charge in [-0.1, -0.05) is 6.07 Å². The number of amides is 1. The summed E-state index contributed by atoms with van der Waals surface area (Å²) in [5, 5.41) is 11.2. The van der Waals surface area contributed by atoms with E-state index in [0.29, 0.717) is 5.56 Å². The van der Waals surface area contributed by atoms with Crippen molar-refractivity contribution < 1.29 is 4.79 Å². The van der Waals surface area contributed by atoms with Gasteiger partial charge in [0.05, 0.1) is 17.8 Å². The smallest absolute Gasteiger partial charge is 0.254 e. The first-order valence-electron chi connectivity index (χ1n) is 6.93. The summed E-state index contributed by atoms with van der Waals surface area (Å²) in [4.78, 5) is 16.5. The molecular formula is C16H16N4OS. The number of rotatable bonds is 5. The van der Waals surface area contributed by atoms with Gasteiger partial charge in [-0.2, -0.15) is 16.4 Å². The number of hydrogen-bond acceptors (Lipinski definition) is 4. The van der Waals surface area contributed by atoms with Crippen molar-refractivity contribution in [2.45, 2.75) is 12.5 Å². The lowest BCUT2D eigenvalue weighted by atomic mass is 10.0. The number of aromatic nitrogens is 3. The topological polar surface area (TPSA) is 59.8 Å². The summed E-state index contributed by atoms with van der Waals surface area (Å²) in [6, 6.07) is 5.82. The van der Waals surface area contributed by atoms with Crippen molar-refractivity contribution in [3.8, 4) is 0 Å². The van der Waals surface area contributed by atoms with Crippen molar-refractivity contribution in [2.75, 3.05) is 0 Å². The highest BCUT2D eigenvalue weighted by molar-refractivity contribution is 7.07. The summed E-state index contributed by atoms with van der Waals surface area (Å²) in [7, 11) is 1.79. The molecule has 1 amide bonds. The molecule has 6 heteroatoms. The van der Waals surface area contributed by atoms with Crippen LogP contribution in [0.15, 0.2) is 53.7 Å². The fraction of sp³-hybridized carbons (Fsp3) is 0.188. The highest BCUT2D eigenvalue weighted by Gasteiger charge is 2.17. The third-order valence-corrected chi connectivity index (χ3v) is 4.11. The average molecular weight is 312 g/mol. The van der Waals surface area contributed by atoms with Crippen molar-refractivity contribution in [3.63, 3.8) is 0 Å². The Balaban J connectivity index is 1.80. The molecule has 0 radical (unpaired) electrons. The van der Waals surface area contributed by atoms with Crippen molar-refractivity contribution in [2.24, 2.45) is 7.05 Å². The molecule has 0 unspecified atom stereocenters. The number of nitrogens with zero attached hydrogens (tertiary/aromatic N) is 3. The lowest BCUT2D eigenvalue weighted by Gasteiger charge is -2.18. The molecule has 3 heterocycles. The quantitative estimate of drug-likeness (QED) is 0.788. The number of carbonyl (C=O) groups is 1. The van der Waals surface area contributed by atoms with Crippen LogP contribution in [0.1, 0.15) is 27.5 Å². The van der Waals surface area contributed by atoms with Crippen molar-refractivity contribution >= 4 is 17.2 Å². The normalized spacial score (nSPS) is 12.0. The first-order chi connectivity index (χ1) is 10.7. The summed E-state index contributed by atoms with van der Waals surface area (Å²) < 4.78 is 1.62. The molecule has 0 aliphatic heterocycles. The molecule has 1 N–H and O–H groups in total. The van der Waals surface area contributed by atoms with Gasteiger partial charge in [-0.15, -0.1) is 0 Å². The minimum atomic E-state index is -0.128. The molecule has 0 aliphatic carbocycles. The third kappa shape index (κ3) is 3.40. The standard InChI is InChI=1S/C16H16N4OS/c1-20-10-14(9-18-20)16(21)19-15(7-12-4-6-22-11-12)13-3-2-5-17-8-13/h2-6,8-11,15H,7H2,1H3,(H,19,21)/t15-/m0/s1. The van der Waals surface area contributed by atoms with Crippen molar-refractivity contribution in [3.05, 3.63) is 70.4 Å². The number of pyridine rings is 1. The molecule has 3 aromatic heterocycles. The summed E-state index contributed by atoms with van der Waals surface area (Å²) in [6.07, 6.45) is 7.54. The van der Waals surface area contributed by atoms with Crippen LogP contribution in [0.3, 0.4) is 0 Å². The van der Waals surface area contributed by atoms with Gasteiger partial charge in [-0.3, -0.25) is 14.5 Å².